The molecule has 0 aliphatic carbocycles. The van der Waals surface area contributed by atoms with Crippen molar-refractivity contribution in [3.8, 4) is 0 Å². The molecule has 1 amide bonds. The van der Waals surface area contributed by atoms with Gasteiger partial charge in [0.25, 0.3) is 5.56 Å². The molecule has 3 heterocycles. The molecule has 138 valence electrons. The Labute approximate surface area is 147 Å². The summed E-state index contributed by atoms with van der Waals surface area (Å²) in [7, 11) is 1.59. The normalized spacial score (nSPS) is 26.8. The fourth-order valence-electron chi connectivity index (χ4n) is 3.54. The van der Waals surface area contributed by atoms with Crippen LogP contribution in [0.3, 0.4) is 0 Å². The lowest BCUT2D eigenvalue weighted by molar-refractivity contribution is -0.137. The van der Waals surface area contributed by atoms with Gasteiger partial charge in [-0.1, -0.05) is 6.07 Å². The van der Waals surface area contributed by atoms with Crippen molar-refractivity contribution in [3.05, 3.63) is 34.7 Å². The van der Waals surface area contributed by atoms with Gasteiger partial charge < -0.3 is 23.7 Å². The highest BCUT2D eigenvalue weighted by Gasteiger charge is 2.44. The first-order valence-electron chi connectivity index (χ1n) is 8.80. The summed E-state index contributed by atoms with van der Waals surface area (Å²) in [4.78, 5) is 26.1. The Balaban J connectivity index is 1.64. The van der Waals surface area contributed by atoms with Crippen LogP contribution in [0.25, 0.3) is 0 Å². The van der Waals surface area contributed by atoms with Crippen molar-refractivity contribution in [2.75, 3.05) is 40.0 Å². The van der Waals surface area contributed by atoms with Crippen molar-refractivity contribution in [1.82, 2.24) is 9.47 Å². The van der Waals surface area contributed by atoms with Crippen molar-refractivity contribution in [1.29, 1.82) is 0 Å². The first kappa shape index (κ1) is 18.1. The fraction of sp³-hybridized carbons (Fsp3) is 0.667. The third-order valence-electron chi connectivity index (χ3n) is 4.86. The number of carbonyl (C=O) groups excluding carboxylic acids is 1. The minimum absolute atomic E-state index is 0.0273. The SMILES string of the molecule is COCCC(=O)N1CCOCC2(CCC(Cn3ccccc3=O)O2)C1. The highest BCUT2D eigenvalue weighted by atomic mass is 16.6. The van der Waals surface area contributed by atoms with Crippen LogP contribution >= 0.6 is 0 Å². The van der Waals surface area contributed by atoms with E-state index in [1.807, 2.05) is 11.0 Å². The Morgan fingerprint density at radius 2 is 2.32 bits per heavy atom. The van der Waals surface area contributed by atoms with Gasteiger partial charge in [0.2, 0.25) is 5.91 Å². The predicted octanol–water partition coefficient (Wildman–Crippen LogP) is 0.661. The third-order valence-corrected chi connectivity index (χ3v) is 4.86. The number of hydrogen-bond acceptors (Lipinski definition) is 5. The highest BCUT2D eigenvalue weighted by Crippen LogP contribution is 2.33. The van der Waals surface area contributed by atoms with Gasteiger partial charge in [0.15, 0.2) is 0 Å². The van der Waals surface area contributed by atoms with E-state index in [2.05, 4.69) is 0 Å². The fourth-order valence-corrected chi connectivity index (χ4v) is 3.54. The Hall–Kier alpha value is -1.70. The summed E-state index contributed by atoms with van der Waals surface area (Å²) in [6.07, 6.45) is 3.78. The molecular formula is C18H26N2O5. The number of carbonyl (C=O) groups is 1. The van der Waals surface area contributed by atoms with E-state index in [1.54, 1.807) is 30.0 Å². The van der Waals surface area contributed by atoms with E-state index in [-0.39, 0.29) is 17.6 Å². The molecule has 1 spiro atoms. The zero-order chi connectivity index (χ0) is 17.7. The first-order chi connectivity index (χ1) is 12.1. The van der Waals surface area contributed by atoms with Gasteiger partial charge in [-0.2, -0.15) is 0 Å². The van der Waals surface area contributed by atoms with E-state index in [0.717, 1.165) is 12.8 Å². The molecule has 2 fully saturated rings. The second-order valence-electron chi connectivity index (χ2n) is 6.76. The molecule has 25 heavy (non-hydrogen) atoms. The maximum Gasteiger partial charge on any atom is 0.250 e. The molecule has 1 aromatic heterocycles. The molecule has 3 rings (SSSR count). The molecule has 2 aliphatic heterocycles. The number of rotatable bonds is 5. The van der Waals surface area contributed by atoms with Gasteiger partial charge >= 0.3 is 0 Å². The van der Waals surface area contributed by atoms with Crippen molar-refractivity contribution in [2.24, 2.45) is 0 Å². The number of ether oxygens (including phenoxy) is 3. The number of aromatic nitrogens is 1. The molecule has 2 saturated heterocycles. The predicted molar refractivity (Wildman–Crippen MR) is 91.4 cm³/mol. The van der Waals surface area contributed by atoms with E-state index in [0.29, 0.717) is 45.9 Å². The number of methoxy groups -OCH3 is 1. The maximum atomic E-state index is 12.4. The number of hydrogen-bond donors (Lipinski definition) is 0. The van der Waals surface area contributed by atoms with Crippen LogP contribution in [0.1, 0.15) is 19.3 Å². The van der Waals surface area contributed by atoms with Crippen LogP contribution in [0.4, 0.5) is 0 Å². The lowest BCUT2D eigenvalue weighted by atomic mass is 10.00. The Bertz CT molecular complexity index is 646. The Kier molecular flexibility index (Phi) is 5.88. The van der Waals surface area contributed by atoms with Crippen molar-refractivity contribution in [2.45, 2.75) is 37.5 Å². The zero-order valence-electron chi connectivity index (χ0n) is 14.7. The summed E-state index contributed by atoms with van der Waals surface area (Å²) < 4.78 is 18.7. The summed E-state index contributed by atoms with van der Waals surface area (Å²) in [6.45, 7) is 3.07. The van der Waals surface area contributed by atoms with Crippen LogP contribution in [-0.4, -0.2) is 67.1 Å². The molecule has 2 unspecified atom stereocenters. The van der Waals surface area contributed by atoms with Crippen molar-refractivity contribution in [3.63, 3.8) is 0 Å². The lowest BCUT2D eigenvalue weighted by Crippen LogP contribution is -2.47. The van der Waals surface area contributed by atoms with E-state index < -0.39 is 5.60 Å². The van der Waals surface area contributed by atoms with Crippen LogP contribution in [-0.2, 0) is 25.5 Å². The van der Waals surface area contributed by atoms with Gasteiger partial charge in [0, 0.05) is 25.9 Å². The number of nitrogens with zero attached hydrogens (tertiary/aromatic N) is 2. The van der Waals surface area contributed by atoms with Crippen molar-refractivity contribution >= 4 is 5.91 Å². The molecular weight excluding hydrogens is 324 g/mol. The third kappa shape index (κ3) is 4.48. The average Bonchev–Trinajstić information content (AvgIpc) is 2.87. The monoisotopic (exact) mass is 350 g/mol. The van der Waals surface area contributed by atoms with Gasteiger partial charge in [0.05, 0.1) is 45.4 Å². The Morgan fingerprint density at radius 3 is 3.12 bits per heavy atom. The average molecular weight is 350 g/mol. The molecule has 0 N–H and O–H groups in total. The summed E-state index contributed by atoms with van der Waals surface area (Å²) in [6, 6.07) is 5.13. The van der Waals surface area contributed by atoms with E-state index in [9.17, 15) is 9.59 Å². The summed E-state index contributed by atoms with van der Waals surface area (Å²) in [5.41, 5.74) is -0.497. The molecule has 1 aromatic rings. The molecule has 7 heteroatoms. The smallest absolute Gasteiger partial charge is 0.250 e. The summed E-state index contributed by atoms with van der Waals surface area (Å²) in [5.74, 6) is 0.0676. The largest absolute Gasteiger partial charge is 0.384 e. The van der Waals surface area contributed by atoms with Gasteiger partial charge in [-0.25, -0.2) is 0 Å². The summed E-state index contributed by atoms with van der Waals surface area (Å²) >= 11 is 0. The van der Waals surface area contributed by atoms with Gasteiger partial charge in [-0.15, -0.1) is 0 Å². The van der Waals surface area contributed by atoms with Crippen LogP contribution in [0.2, 0.25) is 0 Å². The van der Waals surface area contributed by atoms with Gasteiger partial charge in [0.1, 0.15) is 5.60 Å². The number of pyridine rings is 1. The molecule has 0 aromatic carbocycles. The molecule has 0 saturated carbocycles. The molecule has 2 aliphatic rings. The molecule has 0 bridgehead atoms. The molecule has 7 nitrogen and oxygen atoms in total. The lowest BCUT2D eigenvalue weighted by Gasteiger charge is -2.32. The van der Waals surface area contributed by atoms with Crippen LogP contribution in [0, 0.1) is 0 Å². The highest BCUT2D eigenvalue weighted by molar-refractivity contribution is 5.76. The van der Waals surface area contributed by atoms with Crippen LogP contribution in [0.5, 0.6) is 0 Å². The molecule has 0 radical (unpaired) electrons. The zero-order valence-corrected chi connectivity index (χ0v) is 14.7. The summed E-state index contributed by atoms with van der Waals surface area (Å²) in [5, 5.41) is 0. The van der Waals surface area contributed by atoms with E-state index >= 15 is 0 Å². The second kappa shape index (κ2) is 8.12. The Morgan fingerprint density at radius 1 is 1.44 bits per heavy atom. The van der Waals surface area contributed by atoms with Gasteiger partial charge in [-0.05, 0) is 18.9 Å². The van der Waals surface area contributed by atoms with E-state index in [1.165, 1.54) is 0 Å². The minimum Gasteiger partial charge on any atom is -0.384 e. The quantitative estimate of drug-likeness (QED) is 0.780. The second-order valence-corrected chi connectivity index (χ2v) is 6.76. The minimum atomic E-state index is -0.470. The van der Waals surface area contributed by atoms with Crippen molar-refractivity contribution < 1.29 is 19.0 Å². The standard InChI is InChI=1S/C18H26N2O5/c1-23-10-6-17(22)20-9-11-24-14-18(13-20)7-5-15(25-18)12-19-8-3-2-4-16(19)21/h2-4,8,15H,5-7,9-14H2,1H3. The maximum absolute atomic E-state index is 12.4. The molecule has 2 atom stereocenters. The van der Waals surface area contributed by atoms with Gasteiger partial charge in [-0.3, -0.25) is 9.59 Å². The topological polar surface area (TPSA) is 70.0 Å². The van der Waals surface area contributed by atoms with Crippen LogP contribution in [0.15, 0.2) is 29.2 Å². The van der Waals surface area contributed by atoms with Crippen LogP contribution < -0.4 is 5.56 Å². The number of amides is 1. The first-order valence-corrected chi connectivity index (χ1v) is 8.80. The van der Waals surface area contributed by atoms with E-state index in [4.69, 9.17) is 14.2 Å².